The Labute approximate surface area is 166 Å². The van der Waals surface area contributed by atoms with Crippen LogP contribution in [0.2, 0.25) is 0 Å². The molecule has 1 atom stereocenters. The van der Waals surface area contributed by atoms with Crippen molar-refractivity contribution >= 4 is 39.7 Å². The number of aliphatic hydroxyl groups is 1. The molecule has 0 amide bonds. The van der Waals surface area contributed by atoms with Gasteiger partial charge in [-0.2, -0.15) is 0 Å². The maximum Gasteiger partial charge on any atom is 0.220 e. The summed E-state index contributed by atoms with van der Waals surface area (Å²) in [5, 5.41) is 10.1. The number of rotatable bonds is 7. The molecule has 28 heavy (non-hydrogen) atoms. The summed E-state index contributed by atoms with van der Waals surface area (Å²) in [4.78, 5) is 12.3. The van der Waals surface area contributed by atoms with Crippen molar-refractivity contribution in [2.45, 2.75) is 25.4 Å². The van der Waals surface area contributed by atoms with Gasteiger partial charge in [0.15, 0.2) is 10.7 Å². The molecule has 2 aromatic heterocycles. The Morgan fingerprint density at radius 3 is 2.93 bits per heavy atom. The molecule has 3 heterocycles. The maximum absolute atomic E-state index is 12.7. The highest BCUT2D eigenvalue weighted by Crippen LogP contribution is 2.27. The Bertz CT molecular complexity index is 945. The van der Waals surface area contributed by atoms with Gasteiger partial charge in [-0.05, 0) is 37.5 Å². The Hall–Kier alpha value is -2.45. The molecule has 1 aromatic carbocycles. The van der Waals surface area contributed by atoms with Crippen LogP contribution in [-0.4, -0.2) is 47.5 Å². The number of benzene rings is 1. The van der Waals surface area contributed by atoms with Gasteiger partial charge in [0.25, 0.3) is 0 Å². The summed E-state index contributed by atoms with van der Waals surface area (Å²) in [7, 11) is 0. The summed E-state index contributed by atoms with van der Waals surface area (Å²) in [6.07, 6.45) is 8.50. The number of nitrogens with zero attached hydrogens (tertiary/aromatic N) is 3. The molecule has 1 unspecified atom stereocenters. The fourth-order valence-electron chi connectivity index (χ4n) is 3.12. The van der Waals surface area contributed by atoms with Crippen molar-refractivity contribution in [1.29, 1.82) is 0 Å². The monoisotopic (exact) mass is 403 g/mol. The van der Waals surface area contributed by atoms with E-state index in [9.17, 15) is 4.39 Å². The summed E-state index contributed by atoms with van der Waals surface area (Å²) in [5.41, 5.74) is 1.23. The summed E-state index contributed by atoms with van der Waals surface area (Å²) < 4.78 is 23.8. The van der Waals surface area contributed by atoms with E-state index in [1.807, 2.05) is 18.3 Å². The van der Waals surface area contributed by atoms with Crippen molar-refractivity contribution in [3.63, 3.8) is 0 Å². The van der Waals surface area contributed by atoms with E-state index in [1.165, 1.54) is 19.3 Å². The Kier molecular flexibility index (Phi) is 5.87. The number of oxazole rings is 1. The number of thiazole rings is 1. The molecule has 0 radical (unpaired) electrons. The zero-order valence-corrected chi connectivity index (χ0v) is 16.2. The molecule has 0 spiro atoms. The lowest BCUT2D eigenvalue weighted by Gasteiger charge is -2.25. The molecule has 148 valence electrons. The number of ether oxygens (including phenoxy) is 1. The number of piperidine rings is 1. The second kappa shape index (κ2) is 8.70. The van der Waals surface area contributed by atoms with E-state index >= 15 is 0 Å². The first-order valence-corrected chi connectivity index (χ1v) is 10.2. The minimum absolute atomic E-state index is 0.382. The van der Waals surface area contributed by atoms with Crippen LogP contribution < -0.4 is 9.64 Å². The van der Waals surface area contributed by atoms with Crippen molar-refractivity contribution in [3.8, 4) is 5.75 Å². The predicted octanol–water partition coefficient (Wildman–Crippen LogP) is 4.15. The molecule has 1 aliphatic rings. The molecular formula is C20H22FN3O3S. The van der Waals surface area contributed by atoms with Crippen LogP contribution in [0, 0.1) is 0 Å². The van der Waals surface area contributed by atoms with Crippen molar-refractivity contribution in [2.75, 3.05) is 31.3 Å². The average molecular weight is 403 g/mol. The van der Waals surface area contributed by atoms with Gasteiger partial charge in [0, 0.05) is 36.3 Å². The molecule has 8 heteroatoms. The van der Waals surface area contributed by atoms with Crippen LogP contribution in [0.1, 0.15) is 30.0 Å². The second-order valence-electron chi connectivity index (χ2n) is 6.68. The third-order valence-electron chi connectivity index (χ3n) is 4.58. The Balaban J connectivity index is 1.46. The van der Waals surface area contributed by atoms with Crippen molar-refractivity contribution < 1.29 is 18.7 Å². The van der Waals surface area contributed by atoms with Crippen LogP contribution >= 0.6 is 11.3 Å². The third kappa shape index (κ3) is 4.34. The summed E-state index contributed by atoms with van der Waals surface area (Å²) in [5.74, 6) is 0.911. The van der Waals surface area contributed by atoms with Gasteiger partial charge in [-0.3, -0.25) is 0 Å². The van der Waals surface area contributed by atoms with Gasteiger partial charge in [0.1, 0.15) is 24.0 Å². The number of aromatic nitrogens is 2. The number of anilines is 1. The first kappa shape index (κ1) is 18.9. The standard InChI is InChI=1S/C20H22FN3O3S/c21-11-15(13-25)26-14-4-6-17-18(10-14)27-19(23-17)7-5-16-12-22-20(28-16)24-8-2-1-3-9-24/h4-7,10,12,15,25H,1-3,8-9,11,13H2. The molecule has 3 aromatic rings. The lowest BCUT2D eigenvalue weighted by Crippen LogP contribution is -2.29. The highest BCUT2D eigenvalue weighted by molar-refractivity contribution is 7.16. The van der Waals surface area contributed by atoms with E-state index in [-0.39, 0.29) is 6.61 Å². The smallest absolute Gasteiger partial charge is 0.220 e. The van der Waals surface area contributed by atoms with Gasteiger partial charge in [-0.1, -0.05) is 11.3 Å². The van der Waals surface area contributed by atoms with Gasteiger partial charge in [-0.15, -0.1) is 0 Å². The summed E-state index contributed by atoms with van der Waals surface area (Å²) >= 11 is 1.66. The second-order valence-corrected chi connectivity index (χ2v) is 7.73. The molecular weight excluding hydrogens is 381 g/mol. The van der Waals surface area contributed by atoms with Gasteiger partial charge in [-0.25, -0.2) is 14.4 Å². The number of hydrogen-bond acceptors (Lipinski definition) is 7. The first-order valence-electron chi connectivity index (χ1n) is 9.38. The lowest BCUT2D eigenvalue weighted by molar-refractivity contribution is 0.0932. The molecule has 1 saturated heterocycles. The van der Waals surface area contributed by atoms with Crippen LogP contribution in [0.4, 0.5) is 9.52 Å². The van der Waals surface area contributed by atoms with Crippen LogP contribution in [-0.2, 0) is 0 Å². The van der Waals surface area contributed by atoms with Gasteiger partial charge < -0.3 is 19.2 Å². The Morgan fingerprint density at radius 2 is 2.14 bits per heavy atom. The van der Waals surface area contributed by atoms with Crippen LogP contribution in [0.5, 0.6) is 5.75 Å². The van der Waals surface area contributed by atoms with Crippen LogP contribution in [0.15, 0.2) is 28.8 Å². The van der Waals surface area contributed by atoms with E-state index in [4.69, 9.17) is 14.3 Å². The topological polar surface area (TPSA) is 71.6 Å². The van der Waals surface area contributed by atoms with Crippen LogP contribution in [0.25, 0.3) is 23.3 Å². The van der Waals surface area contributed by atoms with E-state index < -0.39 is 12.8 Å². The zero-order valence-electron chi connectivity index (χ0n) is 15.4. The normalized spacial score (nSPS) is 16.1. The minimum Gasteiger partial charge on any atom is -0.485 e. The highest BCUT2D eigenvalue weighted by atomic mass is 32.1. The molecule has 1 fully saturated rings. The number of alkyl halides is 1. The third-order valence-corrected chi connectivity index (χ3v) is 5.61. The number of halogens is 1. The van der Waals surface area contributed by atoms with E-state index in [0.29, 0.717) is 22.7 Å². The molecule has 4 rings (SSSR count). The van der Waals surface area contributed by atoms with Crippen molar-refractivity contribution in [2.24, 2.45) is 0 Å². The fraction of sp³-hybridized carbons (Fsp3) is 0.400. The number of fused-ring (bicyclic) bond motifs is 1. The average Bonchev–Trinajstić information content (AvgIpc) is 3.37. The molecule has 0 bridgehead atoms. The molecule has 0 aliphatic carbocycles. The van der Waals surface area contributed by atoms with Gasteiger partial charge >= 0.3 is 0 Å². The Morgan fingerprint density at radius 1 is 1.29 bits per heavy atom. The molecule has 0 saturated carbocycles. The van der Waals surface area contributed by atoms with Crippen LogP contribution in [0.3, 0.4) is 0 Å². The molecule has 6 nitrogen and oxygen atoms in total. The first-order chi connectivity index (χ1) is 13.7. The SMILES string of the molecule is OCC(CF)Oc1ccc2nc(C=Cc3cnc(N4CCCCC4)s3)oc2c1. The van der Waals surface area contributed by atoms with E-state index in [1.54, 1.807) is 29.5 Å². The fourth-order valence-corrected chi connectivity index (χ4v) is 3.99. The maximum atomic E-state index is 12.7. The zero-order chi connectivity index (χ0) is 19.3. The van der Waals surface area contributed by atoms with E-state index in [0.717, 1.165) is 23.1 Å². The molecule has 1 N–H and O–H groups in total. The largest absolute Gasteiger partial charge is 0.485 e. The minimum atomic E-state index is -0.875. The highest BCUT2D eigenvalue weighted by Gasteiger charge is 2.14. The van der Waals surface area contributed by atoms with Crippen molar-refractivity contribution in [1.82, 2.24) is 9.97 Å². The van der Waals surface area contributed by atoms with Gasteiger partial charge in [0.05, 0.1) is 6.61 Å². The van der Waals surface area contributed by atoms with Crippen molar-refractivity contribution in [3.05, 3.63) is 35.2 Å². The summed E-state index contributed by atoms with van der Waals surface area (Å²) in [6.45, 7) is 1.01. The lowest BCUT2D eigenvalue weighted by atomic mass is 10.1. The van der Waals surface area contributed by atoms with Gasteiger partial charge in [0.2, 0.25) is 5.89 Å². The predicted molar refractivity (Wildman–Crippen MR) is 109 cm³/mol. The van der Waals surface area contributed by atoms with E-state index in [2.05, 4.69) is 14.9 Å². The molecule has 1 aliphatic heterocycles. The summed E-state index contributed by atoms with van der Waals surface area (Å²) in [6, 6.07) is 5.09. The quantitative estimate of drug-likeness (QED) is 0.639. The number of aliphatic hydroxyl groups excluding tert-OH is 1. The number of hydrogen-bond donors (Lipinski definition) is 1.